The Labute approximate surface area is 222 Å². The molecule has 0 saturated carbocycles. The average molecular weight is 512 g/mol. The van der Waals surface area contributed by atoms with E-state index in [0.29, 0.717) is 13.2 Å². The number of carbonyl (C=O) groups is 2. The van der Waals surface area contributed by atoms with Gasteiger partial charge in [0.05, 0.1) is 42.7 Å². The Morgan fingerprint density at radius 1 is 1.03 bits per heavy atom. The number of benzene rings is 2. The minimum Gasteiger partial charge on any atom is -0.466 e. The quantitative estimate of drug-likeness (QED) is 0.350. The maximum absolute atomic E-state index is 13.8. The topological polar surface area (TPSA) is 81.4 Å². The lowest BCUT2D eigenvalue weighted by atomic mass is 10.0. The molecule has 1 aliphatic heterocycles. The van der Waals surface area contributed by atoms with E-state index in [9.17, 15) is 9.59 Å². The van der Waals surface area contributed by atoms with Crippen molar-refractivity contribution in [2.75, 3.05) is 13.2 Å². The van der Waals surface area contributed by atoms with Gasteiger partial charge in [-0.25, -0.2) is 9.48 Å². The number of nitrogens with zero attached hydrogens (tertiary/aromatic N) is 4. The van der Waals surface area contributed by atoms with Gasteiger partial charge in [-0.1, -0.05) is 55.0 Å². The fourth-order valence-electron chi connectivity index (χ4n) is 5.05. The van der Waals surface area contributed by atoms with Crippen molar-refractivity contribution in [2.45, 2.75) is 46.2 Å². The van der Waals surface area contributed by atoms with Crippen LogP contribution in [0.2, 0.25) is 0 Å². The lowest BCUT2D eigenvalue weighted by molar-refractivity contribution is -0.142. The molecule has 1 aliphatic rings. The molecule has 8 nitrogen and oxygen atoms in total. The Bertz CT molecular complexity index is 1420. The Morgan fingerprint density at radius 2 is 1.79 bits per heavy atom. The number of urea groups is 1. The maximum atomic E-state index is 13.8. The van der Waals surface area contributed by atoms with Gasteiger partial charge in [0, 0.05) is 18.3 Å². The summed E-state index contributed by atoms with van der Waals surface area (Å²) in [5.74, 6) is 0.610. The van der Waals surface area contributed by atoms with Crippen molar-refractivity contribution in [2.24, 2.45) is 0 Å². The fraction of sp³-hybridized carbons (Fsp3) is 0.300. The maximum Gasteiger partial charge on any atom is 0.318 e. The van der Waals surface area contributed by atoms with Gasteiger partial charge in [0.1, 0.15) is 5.82 Å². The van der Waals surface area contributed by atoms with Crippen LogP contribution >= 0.6 is 0 Å². The number of nitrogens with one attached hydrogen (secondary N) is 1. The Hall–Kier alpha value is -4.33. The molecule has 0 spiro atoms. The molecule has 8 heteroatoms. The van der Waals surface area contributed by atoms with Crippen LogP contribution in [0.15, 0.2) is 72.9 Å². The minimum absolute atomic E-state index is 0.121. The summed E-state index contributed by atoms with van der Waals surface area (Å²) in [7, 11) is 0. The molecule has 0 radical (unpaired) electrons. The molecular weight excluding hydrogens is 478 g/mol. The number of aryl methyl sites for hydroxylation is 2. The number of hydrogen-bond acceptors (Lipinski definition) is 4. The number of rotatable bonds is 7. The predicted molar refractivity (Wildman–Crippen MR) is 145 cm³/mol. The summed E-state index contributed by atoms with van der Waals surface area (Å²) in [6, 6.07) is 21.9. The van der Waals surface area contributed by atoms with Crippen molar-refractivity contribution < 1.29 is 14.3 Å². The van der Waals surface area contributed by atoms with E-state index in [0.717, 1.165) is 46.0 Å². The molecule has 2 aromatic carbocycles. The zero-order valence-electron chi connectivity index (χ0n) is 22.1. The summed E-state index contributed by atoms with van der Waals surface area (Å²) in [5, 5.41) is 7.95. The number of aromatic nitrogens is 3. The molecule has 38 heavy (non-hydrogen) atoms. The van der Waals surface area contributed by atoms with E-state index < -0.39 is 0 Å². The van der Waals surface area contributed by atoms with Gasteiger partial charge >= 0.3 is 12.0 Å². The third-order valence-corrected chi connectivity index (χ3v) is 6.87. The van der Waals surface area contributed by atoms with Crippen LogP contribution in [0.5, 0.6) is 0 Å². The van der Waals surface area contributed by atoms with Crippen molar-refractivity contribution >= 4 is 12.0 Å². The van der Waals surface area contributed by atoms with Crippen LogP contribution in [0.4, 0.5) is 4.79 Å². The van der Waals surface area contributed by atoms with Crippen LogP contribution in [-0.2, 0) is 22.5 Å². The summed E-state index contributed by atoms with van der Waals surface area (Å²) in [6.07, 6.45) is 2.89. The van der Waals surface area contributed by atoms with Gasteiger partial charge in [-0.2, -0.15) is 5.10 Å². The fourth-order valence-corrected chi connectivity index (χ4v) is 5.05. The summed E-state index contributed by atoms with van der Waals surface area (Å²) >= 11 is 0. The number of para-hydroxylation sites is 1. The molecular formula is C30H33N5O3. The van der Waals surface area contributed by atoms with E-state index in [1.165, 1.54) is 0 Å². The molecule has 196 valence electrons. The second-order valence-corrected chi connectivity index (χ2v) is 9.38. The molecule has 0 bridgehead atoms. The first kappa shape index (κ1) is 25.3. The van der Waals surface area contributed by atoms with Gasteiger partial charge in [-0.3, -0.25) is 4.79 Å². The highest BCUT2D eigenvalue weighted by Gasteiger charge is 2.36. The van der Waals surface area contributed by atoms with Gasteiger partial charge in [-0.15, -0.1) is 0 Å². The summed E-state index contributed by atoms with van der Waals surface area (Å²) in [6.45, 7) is 6.80. The zero-order chi connectivity index (χ0) is 26.6. The highest BCUT2D eigenvalue weighted by molar-refractivity contribution is 5.77. The second-order valence-electron chi connectivity index (χ2n) is 9.38. The van der Waals surface area contributed by atoms with Gasteiger partial charge in [0.15, 0.2) is 0 Å². The normalized spacial score (nSPS) is 14.4. The average Bonchev–Trinajstić information content (AvgIpc) is 3.51. The van der Waals surface area contributed by atoms with Crippen LogP contribution < -0.4 is 5.32 Å². The first-order chi connectivity index (χ1) is 18.5. The van der Waals surface area contributed by atoms with Crippen LogP contribution in [0, 0.1) is 6.92 Å². The molecule has 0 fully saturated rings. The van der Waals surface area contributed by atoms with Crippen molar-refractivity contribution in [3.8, 4) is 11.5 Å². The first-order valence-electron chi connectivity index (χ1n) is 13.1. The van der Waals surface area contributed by atoms with Crippen molar-refractivity contribution in [3.05, 3.63) is 101 Å². The number of amides is 2. The van der Waals surface area contributed by atoms with Crippen LogP contribution in [0.1, 0.15) is 54.4 Å². The lowest BCUT2D eigenvalue weighted by Gasteiger charge is -2.31. The van der Waals surface area contributed by atoms with E-state index in [2.05, 4.69) is 54.1 Å². The van der Waals surface area contributed by atoms with E-state index in [-0.39, 0.29) is 31.0 Å². The van der Waals surface area contributed by atoms with E-state index in [1.807, 2.05) is 52.2 Å². The van der Waals surface area contributed by atoms with E-state index >= 15 is 0 Å². The highest BCUT2D eigenvalue weighted by atomic mass is 16.5. The Kier molecular flexibility index (Phi) is 7.31. The zero-order valence-corrected chi connectivity index (χ0v) is 22.1. The van der Waals surface area contributed by atoms with Crippen molar-refractivity contribution in [3.63, 3.8) is 0 Å². The van der Waals surface area contributed by atoms with Crippen LogP contribution in [0.3, 0.4) is 0 Å². The summed E-state index contributed by atoms with van der Waals surface area (Å²) in [5.41, 5.74) is 6.04. The molecule has 0 aliphatic carbocycles. The molecule has 5 rings (SSSR count). The molecule has 2 aromatic heterocycles. The molecule has 0 unspecified atom stereocenters. The number of esters is 1. The number of hydrogen-bond donors (Lipinski definition) is 1. The first-order valence-corrected chi connectivity index (χ1v) is 13.1. The van der Waals surface area contributed by atoms with Crippen LogP contribution in [0.25, 0.3) is 11.5 Å². The van der Waals surface area contributed by atoms with E-state index in [1.54, 1.807) is 6.92 Å². The van der Waals surface area contributed by atoms with Crippen molar-refractivity contribution in [1.82, 2.24) is 24.6 Å². The highest BCUT2D eigenvalue weighted by Crippen LogP contribution is 2.38. The predicted octanol–water partition coefficient (Wildman–Crippen LogP) is 5.10. The second kappa shape index (κ2) is 11.0. The standard InChI is InChI=1S/C30H33N5O3/c1-4-25-24-20-34(30(37)31-18-17-27(36)38-5-2)28(22-15-13-21(3)14-16-22)26-12-9-19-33(26)29(24)35(32-25)23-10-7-6-8-11-23/h6-16,19,28H,4-5,17-18,20H2,1-3H3,(H,31,37)/t28-/m0/s1. The van der Waals surface area contributed by atoms with Gasteiger partial charge in [0.2, 0.25) is 0 Å². The molecule has 0 saturated heterocycles. The third kappa shape index (κ3) is 4.81. The lowest BCUT2D eigenvalue weighted by Crippen LogP contribution is -2.42. The van der Waals surface area contributed by atoms with Crippen molar-refractivity contribution in [1.29, 1.82) is 0 Å². The smallest absolute Gasteiger partial charge is 0.318 e. The van der Waals surface area contributed by atoms with Gasteiger partial charge in [-0.05, 0) is 50.1 Å². The molecule has 4 aromatic rings. The summed E-state index contributed by atoms with van der Waals surface area (Å²) < 4.78 is 9.17. The largest absolute Gasteiger partial charge is 0.466 e. The number of fused-ring (bicyclic) bond motifs is 3. The minimum atomic E-state index is -0.338. The SMILES string of the molecule is CCOC(=O)CCNC(=O)N1Cc2c(CC)nn(-c3ccccc3)c2-n2cccc2[C@@H]1c1ccc(C)cc1. The third-order valence-electron chi connectivity index (χ3n) is 6.87. The monoisotopic (exact) mass is 511 g/mol. The molecule has 1 N–H and O–H groups in total. The van der Waals surface area contributed by atoms with Gasteiger partial charge < -0.3 is 19.5 Å². The molecule has 3 heterocycles. The van der Waals surface area contributed by atoms with Crippen LogP contribution in [-0.4, -0.2) is 44.4 Å². The molecule has 2 amide bonds. The van der Waals surface area contributed by atoms with E-state index in [4.69, 9.17) is 9.84 Å². The Balaban J connectivity index is 1.62. The molecule has 1 atom stereocenters. The number of carbonyl (C=O) groups excluding carboxylic acids is 2. The summed E-state index contributed by atoms with van der Waals surface area (Å²) in [4.78, 5) is 27.5. The Morgan fingerprint density at radius 3 is 2.50 bits per heavy atom. The number of ether oxygens (including phenoxy) is 1. The van der Waals surface area contributed by atoms with Gasteiger partial charge in [0.25, 0.3) is 0 Å².